The molecule has 1 rings (SSSR count). The first-order valence-corrected chi connectivity index (χ1v) is 6.23. The van der Waals surface area contributed by atoms with Crippen LogP contribution in [-0.4, -0.2) is 36.1 Å². The molecule has 1 aliphatic rings. The lowest BCUT2D eigenvalue weighted by molar-refractivity contribution is 0.134. The summed E-state index contributed by atoms with van der Waals surface area (Å²) in [7, 11) is 0. The third-order valence-electron chi connectivity index (χ3n) is 3.59. The largest absolute Gasteiger partial charge is 0.312 e. The summed E-state index contributed by atoms with van der Waals surface area (Å²) in [5.74, 6) is 2.91. The van der Waals surface area contributed by atoms with E-state index in [1.807, 2.05) is 0 Å². The van der Waals surface area contributed by atoms with Gasteiger partial charge in [0.2, 0.25) is 0 Å². The molecule has 1 unspecified atom stereocenters. The zero-order valence-corrected chi connectivity index (χ0v) is 11.4. The third-order valence-corrected chi connectivity index (χ3v) is 3.59. The van der Waals surface area contributed by atoms with Gasteiger partial charge in [0.1, 0.15) is 0 Å². The molecule has 2 heteroatoms. The second kappa shape index (κ2) is 4.77. The van der Waals surface area contributed by atoms with Crippen LogP contribution in [-0.2, 0) is 0 Å². The fourth-order valence-electron chi connectivity index (χ4n) is 2.10. The Balaban J connectivity index is 2.78. The topological polar surface area (TPSA) is 15.3 Å². The van der Waals surface area contributed by atoms with Gasteiger partial charge in [-0.2, -0.15) is 0 Å². The fraction of sp³-hybridized carbons (Fsp3) is 0.857. The lowest BCUT2D eigenvalue weighted by Crippen LogP contribution is -2.51. The molecule has 1 N–H and O–H groups in total. The molecule has 0 bridgehead atoms. The molecule has 1 aliphatic heterocycles. The standard InChI is InChI=1S/C14H26N2/c1-7-14(5,6)16-10-8-9-15-12(11-16)13(2,3)4/h1,12,15H,8-11H2,2-6H3. The van der Waals surface area contributed by atoms with Gasteiger partial charge >= 0.3 is 0 Å². The summed E-state index contributed by atoms with van der Waals surface area (Å²) in [6.45, 7) is 14.4. The highest BCUT2D eigenvalue weighted by atomic mass is 15.2. The van der Waals surface area contributed by atoms with Gasteiger partial charge < -0.3 is 5.32 Å². The fourth-order valence-corrected chi connectivity index (χ4v) is 2.10. The highest BCUT2D eigenvalue weighted by Crippen LogP contribution is 2.24. The normalized spacial score (nSPS) is 24.9. The van der Waals surface area contributed by atoms with Crippen LogP contribution in [0.2, 0.25) is 0 Å². The van der Waals surface area contributed by atoms with E-state index in [4.69, 9.17) is 6.42 Å². The van der Waals surface area contributed by atoms with Crippen LogP contribution in [0.4, 0.5) is 0 Å². The molecule has 92 valence electrons. The molecule has 0 aromatic heterocycles. The molecule has 1 atom stereocenters. The molecule has 2 nitrogen and oxygen atoms in total. The molecule has 1 heterocycles. The minimum absolute atomic E-state index is 0.129. The van der Waals surface area contributed by atoms with Crippen LogP contribution < -0.4 is 5.32 Å². The Bertz CT molecular complexity index is 267. The highest BCUT2D eigenvalue weighted by Gasteiger charge is 2.33. The van der Waals surface area contributed by atoms with Crippen LogP contribution in [0.15, 0.2) is 0 Å². The van der Waals surface area contributed by atoms with E-state index in [9.17, 15) is 0 Å². The maximum atomic E-state index is 5.63. The van der Waals surface area contributed by atoms with Crippen molar-refractivity contribution in [2.75, 3.05) is 19.6 Å². The Labute approximate surface area is 101 Å². The molecule has 0 aliphatic carbocycles. The number of nitrogens with one attached hydrogen (secondary N) is 1. The van der Waals surface area contributed by atoms with E-state index in [-0.39, 0.29) is 11.0 Å². The van der Waals surface area contributed by atoms with Crippen LogP contribution in [0.5, 0.6) is 0 Å². The van der Waals surface area contributed by atoms with E-state index >= 15 is 0 Å². The van der Waals surface area contributed by atoms with Crippen LogP contribution in [0, 0.1) is 17.8 Å². The molecule has 16 heavy (non-hydrogen) atoms. The summed E-state index contributed by atoms with van der Waals surface area (Å²) in [5, 5.41) is 3.64. The van der Waals surface area contributed by atoms with Crippen LogP contribution in [0.1, 0.15) is 41.0 Å². The van der Waals surface area contributed by atoms with E-state index < -0.39 is 0 Å². The van der Waals surface area contributed by atoms with Gasteiger partial charge in [-0.25, -0.2) is 0 Å². The van der Waals surface area contributed by atoms with Crippen molar-refractivity contribution in [3.05, 3.63) is 0 Å². The summed E-state index contributed by atoms with van der Waals surface area (Å²) in [5.41, 5.74) is 0.156. The molecule has 1 fully saturated rings. The van der Waals surface area contributed by atoms with Gasteiger partial charge in [-0.05, 0) is 32.2 Å². The van der Waals surface area contributed by atoms with Gasteiger partial charge in [-0.1, -0.05) is 26.7 Å². The van der Waals surface area contributed by atoms with Crippen molar-refractivity contribution in [1.29, 1.82) is 0 Å². The van der Waals surface area contributed by atoms with Crippen molar-refractivity contribution in [2.24, 2.45) is 5.41 Å². The Hall–Kier alpha value is -0.520. The van der Waals surface area contributed by atoms with E-state index in [1.165, 1.54) is 6.42 Å². The monoisotopic (exact) mass is 222 g/mol. The molecule has 0 spiro atoms. The molecule has 0 aromatic carbocycles. The third kappa shape index (κ3) is 3.23. The number of hydrogen-bond donors (Lipinski definition) is 1. The van der Waals surface area contributed by atoms with E-state index in [2.05, 4.69) is 50.8 Å². The van der Waals surface area contributed by atoms with Crippen molar-refractivity contribution in [3.63, 3.8) is 0 Å². The van der Waals surface area contributed by atoms with Crippen molar-refractivity contribution < 1.29 is 0 Å². The first kappa shape index (κ1) is 13.5. The summed E-state index contributed by atoms with van der Waals surface area (Å²) in [6.07, 6.45) is 6.81. The van der Waals surface area contributed by atoms with Gasteiger partial charge in [0.05, 0.1) is 5.54 Å². The average molecular weight is 222 g/mol. The van der Waals surface area contributed by atoms with Crippen molar-refractivity contribution in [2.45, 2.75) is 52.6 Å². The van der Waals surface area contributed by atoms with E-state index in [1.54, 1.807) is 0 Å². The average Bonchev–Trinajstić information content (AvgIpc) is 2.42. The Morgan fingerprint density at radius 2 is 1.88 bits per heavy atom. The zero-order chi connectivity index (χ0) is 12.4. The van der Waals surface area contributed by atoms with Crippen molar-refractivity contribution in [1.82, 2.24) is 10.2 Å². The van der Waals surface area contributed by atoms with Crippen molar-refractivity contribution >= 4 is 0 Å². The zero-order valence-electron chi connectivity index (χ0n) is 11.4. The Morgan fingerprint density at radius 3 is 2.38 bits per heavy atom. The Morgan fingerprint density at radius 1 is 1.25 bits per heavy atom. The maximum absolute atomic E-state index is 5.63. The SMILES string of the molecule is C#CC(C)(C)N1CCCNC(C(C)(C)C)C1. The van der Waals surface area contributed by atoms with E-state index in [0.717, 1.165) is 19.6 Å². The summed E-state index contributed by atoms with van der Waals surface area (Å²) >= 11 is 0. The summed E-state index contributed by atoms with van der Waals surface area (Å²) in [6, 6.07) is 0.516. The molecule has 1 saturated heterocycles. The second-order valence-electron chi connectivity index (χ2n) is 6.38. The molecule has 0 amide bonds. The quantitative estimate of drug-likeness (QED) is 0.684. The maximum Gasteiger partial charge on any atom is 0.0766 e. The second-order valence-corrected chi connectivity index (χ2v) is 6.38. The van der Waals surface area contributed by atoms with Crippen LogP contribution in [0.3, 0.4) is 0 Å². The van der Waals surface area contributed by atoms with Crippen molar-refractivity contribution in [3.8, 4) is 12.3 Å². The predicted molar refractivity (Wildman–Crippen MR) is 70.3 cm³/mol. The summed E-state index contributed by atoms with van der Waals surface area (Å²) in [4.78, 5) is 2.43. The lowest BCUT2D eigenvalue weighted by atomic mass is 9.86. The number of nitrogens with zero attached hydrogens (tertiary/aromatic N) is 1. The van der Waals surface area contributed by atoms with Gasteiger partial charge in [-0.3, -0.25) is 4.90 Å². The smallest absolute Gasteiger partial charge is 0.0766 e. The molecular formula is C14H26N2. The highest BCUT2D eigenvalue weighted by molar-refractivity contribution is 5.09. The van der Waals surface area contributed by atoms with Gasteiger partial charge in [0, 0.05) is 19.1 Å². The number of hydrogen-bond acceptors (Lipinski definition) is 2. The minimum Gasteiger partial charge on any atom is -0.312 e. The lowest BCUT2D eigenvalue weighted by Gasteiger charge is -2.39. The molecule has 0 aromatic rings. The van der Waals surface area contributed by atoms with Crippen LogP contribution in [0.25, 0.3) is 0 Å². The molecular weight excluding hydrogens is 196 g/mol. The molecule has 0 radical (unpaired) electrons. The van der Waals surface area contributed by atoms with Gasteiger partial charge in [-0.15, -0.1) is 6.42 Å². The predicted octanol–water partition coefficient (Wildman–Crippen LogP) is 2.11. The van der Waals surface area contributed by atoms with Crippen LogP contribution >= 0.6 is 0 Å². The first-order valence-electron chi connectivity index (χ1n) is 6.23. The molecule has 0 saturated carbocycles. The van der Waals surface area contributed by atoms with Gasteiger partial charge in [0.15, 0.2) is 0 Å². The van der Waals surface area contributed by atoms with Gasteiger partial charge in [0.25, 0.3) is 0 Å². The number of terminal acetylenes is 1. The van der Waals surface area contributed by atoms with E-state index in [0.29, 0.717) is 6.04 Å². The minimum atomic E-state index is -0.129. The number of rotatable bonds is 1. The first-order chi connectivity index (χ1) is 7.27. The Kier molecular flexibility index (Phi) is 4.04. The summed E-state index contributed by atoms with van der Waals surface area (Å²) < 4.78 is 0.